The zero-order chi connectivity index (χ0) is 7.40. The van der Waals surface area contributed by atoms with E-state index in [1.54, 1.807) is 6.07 Å². The minimum atomic E-state index is -0.451. The SMILES string of the molecule is NC(=O)COc1cccs1. The second kappa shape index (κ2) is 3.22. The van der Waals surface area contributed by atoms with Gasteiger partial charge in [0.2, 0.25) is 0 Å². The Kier molecular flexibility index (Phi) is 2.28. The average Bonchev–Trinajstić information content (AvgIpc) is 2.34. The van der Waals surface area contributed by atoms with Crippen LogP contribution in [-0.2, 0) is 4.79 Å². The number of ether oxygens (including phenoxy) is 1. The average molecular weight is 157 g/mol. The quantitative estimate of drug-likeness (QED) is 0.699. The lowest BCUT2D eigenvalue weighted by Crippen LogP contribution is -2.19. The van der Waals surface area contributed by atoms with Crippen LogP contribution in [0.25, 0.3) is 0 Å². The van der Waals surface area contributed by atoms with Gasteiger partial charge in [0.05, 0.1) is 0 Å². The number of primary amides is 1. The van der Waals surface area contributed by atoms with E-state index in [4.69, 9.17) is 10.5 Å². The van der Waals surface area contributed by atoms with E-state index in [1.165, 1.54) is 11.3 Å². The third kappa shape index (κ3) is 2.06. The van der Waals surface area contributed by atoms with Crippen molar-refractivity contribution in [2.45, 2.75) is 0 Å². The lowest BCUT2D eigenvalue weighted by Gasteiger charge is -1.96. The first-order valence-electron chi connectivity index (χ1n) is 2.73. The van der Waals surface area contributed by atoms with E-state index >= 15 is 0 Å². The second-order valence-electron chi connectivity index (χ2n) is 1.69. The van der Waals surface area contributed by atoms with Gasteiger partial charge in [-0.15, -0.1) is 11.3 Å². The highest BCUT2D eigenvalue weighted by Gasteiger charge is 1.95. The van der Waals surface area contributed by atoms with Crippen LogP contribution in [0.4, 0.5) is 0 Å². The maximum atomic E-state index is 10.2. The summed E-state index contributed by atoms with van der Waals surface area (Å²) >= 11 is 1.43. The van der Waals surface area contributed by atoms with Crippen molar-refractivity contribution in [2.24, 2.45) is 5.73 Å². The zero-order valence-electron chi connectivity index (χ0n) is 5.24. The summed E-state index contributed by atoms with van der Waals surface area (Å²) in [6.07, 6.45) is 0. The highest BCUT2D eigenvalue weighted by atomic mass is 32.1. The van der Waals surface area contributed by atoms with Crippen LogP contribution in [0.1, 0.15) is 0 Å². The summed E-state index contributed by atoms with van der Waals surface area (Å²) in [6, 6.07) is 3.63. The van der Waals surface area contributed by atoms with Crippen LogP contribution in [0.3, 0.4) is 0 Å². The summed E-state index contributed by atoms with van der Waals surface area (Å²) in [6.45, 7) is -0.0412. The lowest BCUT2D eigenvalue weighted by atomic mass is 10.6. The molecule has 1 aromatic heterocycles. The zero-order valence-corrected chi connectivity index (χ0v) is 6.06. The molecule has 1 aromatic rings. The van der Waals surface area contributed by atoms with Gasteiger partial charge in [-0.3, -0.25) is 4.79 Å². The maximum absolute atomic E-state index is 10.2. The van der Waals surface area contributed by atoms with E-state index in [0.717, 1.165) is 5.06 Å². The van der Waals surface area contributed by atoms with Crippen molar-refractivity contribution < 1.29 is 9.53 Å². The van der Waals surface area contributed by atoms with Gasteiger partial charge in [0.1, 0.15) is 0 Å². The molecule has 2 N–H and O–H groups in total. The number of thiophene rings is 1. The fourth-order valence-corrected chi connectivity index (χ4v) is 1.06. The molecule has 0 saturated carbocycles. The lowest BCUT2D eigenvalue weighted by molar-refractivity contribution is -0.119. The molecule has 0 bridgehead atoms. The van der Waals surface area contributed by atoms with Crippen LogP contribution in [-0.4, -0.2) is 12.5 Å². The molecule has 0 fully saturated rings. The summed E-state index contributed by atoms with van der Waals surface area (Å²) in [5.41, 5.74) is 4.85. The van der Waals surface area contributed by atoms with E-state index in [-0.39, 0.29) is 6.61 Å². The predicted octanol–water partition coefficient (Wildman–Crippen LogP) is 0.612. The molecule has 10 heavy (non-hydrogen) atoms. The molecule has 4 heteroatoms. The van der Waals surface area contributed by atoms with Gasteiger partial charge in [-0.1, -0.05) is 0 Å². The molecule has 0 spiro atoms. The van der Waals surface area contributed by atoms with Crippen molar-refractivity contribution in [3.05, 3.63) is 17.5 Å². The Balaban J connectivity index is 2.35. The van der Waals surface area contributed by atoms with Crippen LogP contribution in [0.15, 0.2) is 17.5 Å². The molecule has 0 aliphatic rings. The van der Waals surface area contributed by atoms with E-state index < -0.39 is 5.91 Å². The molecule has 1 rings (SSSR count). The Morgan fingerprint density at radius 3 is 3.10 bits per heavy atom. The molecule has 0 saturated heterocycles. The Morgan fingerprint density at radius 2 is 2.60 bits per heavy atom. The molecule has 0 aliphatic carbocycles. The number of rotatable bonds is 3. The van der Waals surface area contributed by atoms with Crippen molar-refractivity contribution in [1.82, 2.24) is 0 Å². The monoisotopic (exact) mass is 157 g/mol. The summed E-state index contributed by atoms with van der Waals surface area (Å²) in [5, 5.41) is 2.59. The first-order chi connectivity index (χ1) is 4.79. The van der Waals surface area contributed by atoms with E-state index in [1.807, 2.05) is 11.4 Å². The third-order valence-electron chi connectivity index (χ3n) is 0.852. The molecule has 1 heterocycles. The van der Waals surface area contributed by atoms with Gasteiger partial charge in [0, 0.05) is 0 Å². The topological polar surface area (TPSA) is 52.3 Å². The number of hydrogen-bond acceptors (Lipinski definition) is 3. The summed E-state index contributed by atoms with van der Waals surface area (Å²) in [4.78, 5) is 10.2. The number of carbonyl (C=O) groups is 1. The third-order valence-corrected chi connectivity index (χ3v) is 1.63. The van der Waals surface area contributed by atoms with Crippen LogP contribution < -0.4 is 10.5 Å². The van der Waals surface area contributed by atoms with Gasteiger partial charge >= 0.3 is 0 Å². The Bertz CT molecular complexity index is 208. The normalized spacial score (nSPS) is 9.20. The number of amides is 1. The van der Waals surface area contributed by atoms with Crippen molar-refractivity contribution in [3.8, 4) is 5.06 Å². The van der Waals surface area contributed by atoms with Crippen molar-refractivity contribution in [1.29, 1.82) is 0 Å². The number of carbonyl (C=O) groups excluding carboxylic acids is 1. The molecule has 3 nitrogen and oxygen atoms in total. The highest BCUT2D eigenvalue weighted by Crippen LogP contribution is 2.17. The fourth-order valence-electron chi connectivity index (χ4n) is 0.488. The molecule has 0 aliphatic heterocycles. The molecular formula is C6H7NO2S. The molecule has 0 atom stereocenters. The van der Waals surface area contributed by atoms with Gasteiger partial charge in [-0.05, 0) is 17.5 Å². The number of nitrogens with two attached hydrogens (primary N) is 1. The van der Waals surface area contributed by atoms with Crippen LogP contribution in [0, 0.1) is 0 Å². The summed E-state index contributed by atoms with van der Waals surface area (Å²) < 4.78 is 4.95. The maximum Gasteiger partial charge on any atom is 0.255 e. The van der Waals surface area contributed by atoms with Crippen LogP contribution in [0.5, 0.6) is 5.06 Å². The van der Waals surface area contributed by atoms with Crippen molar-refractivity contribution in [3.63, 3.8) is 0 Å². The number of hydrogen-bond donors (Lipinski definition) is 1. The second-order valence-corrected chi connectivity index (χ2v) is 2.60. The predicted molar refractivity (Wildman–Crippen MR) is 39.0 cm³/mol. The molecule has 0 radical (unpaired) electrons. The van der Waals surface area contributed by atoms with Crippen LogP contribution in [0.2, 0.25) is 0 Å². The van der Waals surface area contributed by atoms with Gasteiger partial charge in [0.15, 0.2) is 11.7 Å². The Morgan fingerprint density at radius 1 is 1.80 bits per heavy atom. The Labute approximate surface area is 62.4 Å². The summed E-state index contributed by atoms with van der Waals surface area (Å²) in [7, 11) is 0. The minimum absolute atomic E-state index is 0.0412. The fraction of sp³-hybridized carbons (Fsp3) is 0.167. The molecule has 1 amide bonds. The van der Waals surface area contributed by atoms with Gasteiger partial charge in [-0.25, -0.2) is 0 Å². The standard InChI is InChI=1S/C6H7NO2S/c7-5(8)4-9-6-2-1-3-10-6/h1-3H,4H2,(H2,7,8). The van der Waals surface area contributed by atoms with Gasteiger partial charge in [0.25, 0.3) is 5.91 Å². The smallest absolute Gasteiger partial charge is 0.255 e. The van der Waals surface area contributed by atoms with Gasteiger partial charge in [-0.2, -0.15) is 0 Å². The molecule has 0 aromatic carbocycles. The Hall–Kier alpha value is -1.03. The van der Waals surface area contributed by atoms with Crippen molar-refractivity contribution >= 4 is 17.2 Å². The van der Waals surface area contributed by atoms with Gasteiger partial charge < -0.3 is 10.5 Å². The highest BCUT2D eigenvalue weighted by molar-refractivity contribution is 7.11. The molecule has 0 unspecified atom stereocenters. The molecule has 54 valence electrons. The van der Waals surface area contributed by atoms with E-state index in [0.29, 0.717) is 0 Å². The first kappa shape index (κ1) is 7.08. The van der Waals surface area contributed by atoms with E-state index in [9.17, 15) is 4.79 Å². The first-order valence-corrected chi connectivity index (χ1v) is 3.61. The van der Waals surface area contributed by atoms with E-state index in [2.05, 4.69) is 0 Å². The van der Waals surface area contributed by atoms with Crippen LogP contribution >= 0.6 is 11.3 Å². The largest absolute Gasteiger partial charge is 0.474 e. The summed E-state index contributed by atoms with van der Waals surface area (Å²) in [5.74, 6) is -0.451. The molecular weight excluding hydrogens is 150 g/mol. The van der Waals surface area contributed by atoms with Crippen molar-refractivity contribution in [2.75, 3.05) is 6.61 Å². The minimum Gasteiger partial charge on any atom is -0.474 e.